The molecule has 120 valence electrons. The SMILES string of the molecule is CC(=O)C1=C(NC(=O)C2CC2c2ccccc2)CC2C1C2(C)C. The molecule has 2 fully saturated rings. The number of carbonyl (C=O) groups is 2. The van der Waals surface area contributed by atoms with Crippen LogP contribution in [0.15, 0.2) is 41.6 Å². The Morgan fingerprint density at radius 1 is 1.17 bits per heavy atom. The predicted octanol–water partition coefficient (Wildman–Crippen LogP) is 3.43. The highest BCUT2D eigenvalue weighted by atomic mass is 16.2. The molecule has 4 unspecified atom stereocenters. The molecule has 1 aromatic rings. The summed E-state index contributed by atoms with van der Waals surface area (Å²) in [4.78, 5) is 24.6. The van der Waals surface area contributed by atoms with Crippen molar-refractivity contribution in [2.24, 2.45) is 23.2 Å². The maximum Gasteiger partial charge on any atom is 0.227 e. The van der Waals surface area contributed by atoms with E-state index in [1.54, 1.807) is 6.92 Å². The molecule has 0 radical (unpaired) electrons. The Labute approximate surface area is 137 Å². The van der Waals surface area contributed by atoms with Gasteiger partial charge in [-0.05, 0) is 48.5 Å². The molecule has 23 heavy (non-hydrogen) atoms. The van der Waals surface area contributed by atoms with Crippen LogP contribution < -0.4 is 5.32 Å². The number of carbonyl (C=O) groups excluding carboxylic acids is 2. The molecule has 0 bridgehead atoms. The average Bonchev–Trinajstić information content (AvgIpc) is 3.35. The molecule has 0 spiro atoms. The Morgan fingerprint density at radius 2 is 1.87 bits per heavy atom. The van der Waals surface area contributed by atoms with E-state index in [4.69, 9.17) is 0 Å². The average molecular weight is 309 g/mol. The van der Waals surface area contributed by atoms with Gasteiger partial charge in [-0.3, -0.25) is 9.59 Å². The van der Waals surface area contributed by atoms with Gasteiger partial charge in [0.15, 0.2) is 5.78 Å². The summed E-state index contributed by atoms with van der Waals surface area (Å²) < 4.78 is 0. The lowest BCUT2D eigenvalue weighted by atomic mass is 9.96. The van der Waals surface area contributed by atoms with Crippen molar-refractivity contribution in [3.05, 3.63) is 47.2 Å². The van der Waals surface area contributed by atoms with E-state index in [2.05, 4.69) is 31.3 Å². The first-order valence-corrected chi connectivity index (χ1v) is 8.51. The maximum absolute atomic E-state index is 12.5. The van der Waals surface area contributed by atoms with E-state index in [-0.39, 0.29) is 23.0 Å². The summed E-state index contributed by atoms with van der Waals surface area (Å²) in [6.07, 6.45) is 1.76. The number of ketones is 1. The van der Waals surface area contributed by atoms with Gasteiger partial charge in [0.2, 0.25) is 5.91 Å². The van der Waals surface area contributed by atoms with Crippen molar-refractivity contribution in [1.82, 2.24) is 5.32 Å². The quantitative estimate of drug-likeness (QED) is 0.926. The van der Waals surface area contributed by atoms with Gasteiger partial charge in [0.25, 0.3) is 0 Å². The number of allylic oxidation sites excluding steroid dienone is 2. The lowest BCUT2D eigenvalue weighted by Gasteiger charge is -2.15. The number of amides is 1. The fourth-order valence-corrected chi connectivity index (χ4v) is 4.56. The minimum Gasteiger partial charge on any atom is -0.329 e. The summed E-state index contributed by atoms with van der Waals surface area (Å²) in [5.74, 6) is 1.48. The topological polar surface area (TPSA) is 46.2 Å². The lowest BCUT2D eigenvalue weighted by Crippen LogP contribution is -2.27. The van der Waals surface area contributed by atoms with Crippen LogP contribution >= 0.6 is 0 Å². The molecule has 4 atom stereocenters. The Bertz CT molecular complexity index is 716. The normalized spacial score (nSPS) is 33.2. The number of hydrogen-bond acceptors (Lipinski definition) is 2. The fourth-order valence-electron chi connectivity index (χ4n) is 4.56. The second-order valence-electron chi connectivity index (χ2n) is 7.91. The third kappa shape index (κ3) is 2.25. The van der Waals surface area contributed by atoms with Gasteiger partial charge in [-0.25, -0.2) is 0 Å². The van der Waals surface area contributed by atoms with E-state index in [0.29, 0.717) is 17.8 Å². The van der Waals surface area contributed by atoms with Crippen molar-refractivity contribution in [1.29, 1.82) is 0 Å². The van der Waals surface area contributed by atoms with Crippen LogP contribution in [0.1, 0.15) is 45.1 Å². The van der Waals surface area contributed by atoms with E-state index < -0.39 is 0 Å². The van der Waals surface area contributed by atoms with Gasteiger partial charge < -0.3 is 5.32 Å². The van der Waals surface area contributed by atoms with E-state index in [1.807, 2.05) is 18.2 Å². The van der Waals surface area contributed by atoms with E-state index >= 15 is 0 Å². The van der Waals surface area contributed by atoms with Gasteiger partial charge in [0.05, 0.1) is 0 Å². The zero-order valence-electron chi connectivity index (χ0n) is 13.9. The van der Waals surface area contributed by atoms with Crippen LogP contribution in [-0.4, -0.2) is 11.7 Å². The summed E-state index contributed by atoms with van der Waals surface area (Å²) in [5.41, 5.74) is 3.24. The molecule has 0 heterocycles. The van der Waals surface area contributed by atoms with Crippen molar-refractivity contribution in [3.8, 4) is 0 Å². The van der Waals surface area contributed by atoms with Crippen molar-refractivity contribution in [2.75, 3.05) is 0 Å². The van der Waals surface area contributed by atoms with Crippen molar-refractivity contribution in [3.63, 3.8) is 0 Å². The third-order valence-corrected chi connectivity index (χ3v) is 6.12. The molecule has 1 aromatic carbocycles. The first-order valence-electron chi connectivity index (χ1n) is 8.51. The molecule has 3 heteroatoms. The molecule has 1 amide bonds. The highest BCUT2D eigenvalue weighted by Crippen LogP contribution is 2.68. The van der Waals surface area contributed by atoms with Crippen LogP contribution in [0, 0.1) is 23.2 Å². The van der Waals surface area contributed by atoms with Crippen LogP contribution in [0.5, 0.6) is 0 Å². The molecule has 0 aliphatic heterocycles. The van der Waals surface area contributed by atoms with E-state index in [9.17, 15) is 9.59 Å². The summed E-state index contributed by atoms with van der Waals surface area (Å²) >= 11 is 0. The molecule has 3 aliphatic rings. The molecule has 3 aliphatic carbocycles. The summed E-state index contributed by atoms with van der Waals surface area (Å²) in [6.45, 7) is 6.06. The minimum absolute atomic E-state index is 0.0584. The van der Waals surface area contributed by atoms with Crippen molar-refractivity contribution < 1.29 is 9.59 Å². The Balaban J connectivity index is 1.47. The molecule has 4 rings (SSSR count). The Morgan fingerprint density at radius 3 is 2.52 bits per heavy atom. The lowest BCUT2D eigenvalue weighted by molar-refractivity contribution is -0.121. The van der Waals surface area contributed by atoms with Crippen LogP contribution in [0.25, 0.3) is 0 Å². The van der Waals surface area contributed by atoms with Gasteiger partial charge in [-0.2, -0.15) is 0 Å². The standard InChI is InChI=1S/C20H23NO2/c1-11(22)17-16(10-15-18(17)20(15,2)3)21-19(23)14-9-13(14)12-7-5-4-6-8-12/h4-8,13-15,18H,9-10H2,1-3H3,(H,21,23). The number of Topliss-reactive ketones (excluding diaryl/α,β-unsaturated/α-hetero) is 1. The fraction of sp³-hybridized carbons (Fsp3) is 0.500. The van der Waals surface area contributed by atoms with E-state index in [1.165, 1.54) is 5.56 Å². The summed E-state index contributed by atoms with van der Waals surface area (Å²) in [7, 11) is 0. The number of fused-ring (bicyclic) bond motifs is 1. The van der Waals surface area contributed by atoms with E-state index in [0.717, 1.165) is 24.1 Å². The monoisotopic (exact) mass is 309 g/mol. The Kier molecular flexibility index (Phi) is 3.06. The number of hydrogen-bond donors (Lipinski definition) is 1. The van der Waals surface area contributed by atoms with Gasteiger partial charge in [0.1, 0.15) is 0 Å². The smallest absolute Gasteiger partial charge is 0.227 e. The molecule has 0 saturated heterocycles. The van der Waals surface area contributed by atoms with Gasteiger partial charge >= 0.3 is 0 Å². The second kappa shape index (κ2) is 4.80. The molecule has 3 nitrogen and oxygen atoms in total. The first-order chi connectivity index (χ1) is 10.9. The number of benzene rings is 1. The van der Waals surface area contributed by atoms with Gasteiger partial charge in [-0.15, -0.1) is 0 Å². The van der Waals surface area contributed by atoms with Gasteiger partial charge in [-0.1, -0.05) is 44.2 Å². The summed E-state index contributed by atoms with van der Waals surface area (Å²) in [6, 6.07) is 10.2. The van der Waals surface area contributed by atoms with Crippen LogP contribution in [0.2, 0.25) is 0 Å². The van der Waals surface area contributed by atoms with Crippen molar-refractivity contribution in [2.45, 2.75) is 39.5 Å². The van der Waals surface area contributed by atoms with Crippen LogP contribution in [0.4, 0.5) is 0 Å². The Hall–Kier alpha value is -1.90. The number of nitrogens with one attached hydrogen (secondary N) is 1. The molecular weight excluding hydrogens is 286 g/mol. The van der Waals surface area contributed by atoms with Crippen LogP contribution in [-0.2, 0) is 9.59 Å². The molecule has 2 saturated carbocycles. The maximum atomic E-state index is 12.5. The second-order valence-corrected chi connectivity index (χ2v) is 7.91. The molecule has 1 N–H and O–H groups in total. The zero-order chi connectivity index (χ0) is 16.4. The highest BCUT2D eigenvalue weighted by Gasteiger charge is 2.64. The van der Waals surface area contributed by atoms with Gasteiger partial charge in [0, 0.05) is 17.2 Å². The highest BCUT2D eigenvalue weighted by molar-refractivity contribution is 5.97. The predicted molar refractivity (Wildman–Crippen MR) is 88.5 cm³/mol. The molecule has 0 aromatic heterocycles. The zero-order valence-corrected chi connectivity index (χ0v) is 13.9. The first kappa shape index (κ1) is 14.7. The largest absolute Gasteiger partial charge is 0.329 e. The minimum atomic E-state index is 0.0584. The third-order valence-electron chi connectivity index (χ3n) is 6.12. The number of rotatable bonds is 4. The van der Waals surface area contributed by atoms with Crippen LogP contribution in [0.3, 0.4) is 0 Å². The van der Waals surface area contributed by atoms with Crippen molar-refractivity contribution >= 4 is 11.7 Å². The molecular formula is C20H23NO2. The summed E-state index contributed by atoms with van der Waals surface area (Å²) in [5, 5.41) is 3.09.